The topological polar surface area (TPSA) is 68.6 Å². The van der Waals surface area contributed by atoms with Crippen molar-refractivity contribution >= 4 is 11.9 Å². The summed E-state index contributed by atoms with van der Waals surface area (Å²) >= 11 is 0. The van der Waals surface area contributed by atoms with Crippen LogP contribution in [0.1, 0.15) is 35.2 Å². The third-order valence-corrected chi connectivity index (χ3v) is 4.02. The lowest BCUT2D eigenvalue weighted by Crippen LogP contribution is -2.08. The molecule has 0 radical (unpaired) electrons. The van der Waals surface area contributed by atoms with E-state index in [0.29, 0.717) is 18.2 Å². The van der Waals surface area contributed by atoms with Crippen LogP contribution in [0.15, 0.2) is 40.8 Å². The van der Waals surface area contributed by atoms with Crippen LogP contribution < -0.4 is 5.84 Å². The van der Waals surface area contributed by atoms with Gasteiger partial charge in [0.1, 0.15) is 5.71 Å². The molecule has 1 aromatic carbocycles. The molecule has 0 atom stereocenters. The summed E-state index contributed by atoms with van der Waals surface area (Å²) in [7, 11) is 1.95. The van der Waals surface area contributed by atoms with E-state index in [2.05, 4.69) is 33.0 Å². The zero-order valence-electron chi connectivity index (χ0n) is 14.0. The molecule has 0 spiro atoms. The van der Waals surface area contributed by atoms with Crippen LogP contribution in [-0.4, -0.2) is 21.5 Å². The quantitative estimate of drug-likeness (QED) is 0.407. The fourth-order valence-corrected chi connectivity index (χ4v) is 2.38. The van der Waals surface area contributed by atoms with Gasteiger partial charge in [0.05, 0.1) is 24.8 Å². The van der Waals surface area contributed by atoms with E-state index < -0.39 is 0 Å². The molecule has 0 unspecified atom stereocenters. The van der Waals surface area contributed by atoms with Crippen LogP contribution in [0.3, 0.4) is 0 Å². The standard InChI is InChI=1S/C19H21N5/c1-14-9-16(6-5-15-3-4-15)7-8-18(14)19(23-20)12-21-10-17-11-22-13-24(17)2/h7-9,11-13,15H,3-4,10,20H2,1-2H3/b21-12?,23-19+. The zero-order chi connectivity index (χ0) is 16.9. The average Bonchev–Trinajstić information content (AvgIpc) is 3.32. The van der Waals surface area contributed by atoms with Gasteiger partial charge in [-0.05, 0) is 37.5 Å². The minimum Gasteiger partial charge on any atom is -0.336 e. The first-order valence-electron chi connectivity index (χ1n) is 8.03. The minimum absolute atomic E-state index is 0.541. The first-order valence-corrected chi connectivity index (χ1v) is 8.03. The Morgan fingerprint density at radius 1 is 1.46 bits per heavy atom. The molecule has 0 saturated heterocycles. The Labute approximate surface area is 142 Å². The molecule has 3 rings (SSSR count). The lowest BCUT2D eigenvalue weighted by Gasteiger charge is -2.05. The molecule has 1 fully saturated rings. The van der Waals surface area contributed by atoms with Crippen LogP contribution in [0, 0.1) is 24.7 Å². The van der Waals surface area contributed by atoms with Gasteiger partial charge in [0.2, 0.25) is 0 Å². The highest BCUT2D eigenvalue weighted by molar-refractivity contribution is 6.38. The number of hydrogen-bond acceptors (Lipinski definition) is 4. The molecule has 1 aliphatic carbocycles. The molecule has 1 aromatic heterocycles. The summed E-state index contributed by atoms with van der Waals surface area (Å²) in [5.41, 5.74) is 4.80. The first kappa shape index (κ1) is 16.0. The number of nitrogens with zero attached hydrogens (tertiary/aromatic N) is 4. The number of hydrogen-bond donors (Lipinski definition) is 1. The first-order chi connectivity index (χ1) is 11.7. The van der Waals surface area contributed by atoms with Gasteiger partial charge in [0.25, 0.3) is 0 Å². The van der Waals surface area contributed by atoms with E-state index in [1.165, 1.54) is 12.8 Å². The maximum absolute atomic E-state index is 5.56. The van der Waals surface area contributed by atoms with Crippen LogP contribution in [0.2, 0.25) is 0 Å². The third kappa shape index (κ3) is 3.90. The summed E-state index contributed by atoms with van der Waals surface area (Å²) < 4.78 is 1.94. The number of nitrogens with two attached hydrogens (primary N) is 1. The lowest BCUT2D eigenvalue weighted by molar-refractivity contribution is 0.823. The van der Waals surface area contributed by atoms with E-state index >= 15 is 0 Å². The molecule has 122 valence electrons. The van der Waals surface area contributed by atoms with Gasteiger partial charge in [-0.2, -0.15) is 5.10 Å². The maximum atomic E-state index is 5.56. The van der Waals surface area contributed by atoms with E-state index in [4.69, 9.17) is 5.84 Å². The fourth-order valence-electron chi connectivity index (χ4n) is 2.38. The Bertz CT molecular complexity index is 844. The SMILES string of the molecule is Cc1cc(C#CC2CC2)ccc1/C(C=NCc1cncn1C)=N/N. The molecule has 1 aliphatic rings. The van der Waals surface area contributed by atoms with Gasteiger partial charge in [-0.1, -0.05) is 17.9 Å². The summed E-state index contributed by atoms with van der Waals surface area (Å²) in [6, 6.07) is 6.09. The highest BCUT2D eigenvalue weighted by Gasteiger charge is 2.17. The number of benzene rings is 1. The number of imidazole rings is 1. The van der Waals surface area contributed by atoms with Crippen molar-refractivity contribution in [2.45, 2.75) is 26.3 Å². The summed E-state index contributed by atoms with van der Waals surface area (Å²) in [5.74, 6) is 12.7. The van der Waals surface area contributed by atoms with Gasteiger partial charge in [0.15, 0.2) is 0 Å². The van der Waals surface area contributed by atoms with Crippen LogP contribution in [0.25, 0.3) is 0 Å². The summed E-state index contributed by atoms with van der Waals surface area (Å²) in [6.45, 7) is 2.58. The van der Waals surface area contributed by atoms with Crippen molar-refractivity contribution in [1.29, 1.82) is 0 Å². The van der Waals surface area contributed by atoms with Crippen molar-refractivity contribution in [2.24, 2.45) is 28.9 Å². The van der Waals surface area contributed by atoms with E-state index in [0.717, 1.165) is 22.4 Å². The molecular weight excluding hydrogens is 298 g/mol. The van der Waals surface area contributed by atoms with Gasteiger partial charge in [-0.15, -0.1) is 0 Å². The number of aliphatic imine (C=N–C) groups is 1. The fraction of sp³-hybridized carbons (Fsp3) is 0.316. The van der Waals surface area contributed by atoms with Gasteiger partial charge in [-0.3, -0.25) is 4.99 Å². The molecular formula is C19H21N5. The second-order valence-corrected chi connectivity index (χ2v) is 6.05. The predicted octanol–water partition coefficient (Wildman–Crippen LogP) is 2.42. The monoisotopic (exact) mass is 319 g/mol. The smallest absolute Gasteiger partial charge is 0.108 e. The molecule has 1 saturated carbocycles. The third-order valence-electron chi connectivity index (χ3n) is 4.02. The molecule has 0 amide bonds. The van der Waals surface area contributed by atoms with Crippen molar-refractivity contribution in [3.8, 4) is 11.8 Å². The molecule has 2 N–H and O–H groups in total. The van der Waals surface area contributed by atoms with Gasteiger partial charge in [-0.25, -0.2) is 4.98 Å². The van der Waals surface area contributed by atoms with Crippen LogP contribution in [0.5, 0.6) is 0 Å². The largest absolute Gasteiger partial charge is 0.336 e. The summed E-state index contributed by atoms with van der Waals surface area (Å²) in [5, 5.41) is 3.88. The van der Waals surface area contributed by atoms with Gasteiger partial charge in [0, 0.05) is 30.3 Å². The molecule has 5 heteroatoms. The van der Waals surface area contributed by atoms with Crippen LogP contribution >= 0.6 is 0 Å². The number of aromatic nitrogens is 2. The van der Waals surface area contributed by atoms with Gasteiger partial charge >= 0.3 is 0 Å². The second kappa shape index (κ2) is 7.14. The normalized spacial score (nSPS) is 14.7. The Hall–Kier alpha value is -2.87. The highest BCUT2D eigenvalue weighted by Crippen LogP contribution is 2.27. The molecule has 24 heavy (non-hydrogen) atoms. The molecule has 0 aliphatic heterocycles. The predicted molar refractivity (Wildman–Crippen MR) is 96.9 cm³/mol. The molecule has 2 aromatic rings. The number of hydrazone groups is 1. The van der Waals surface area contributed by atoms with Crippen molar-refractivity contribution in [3.05, 3.63) is 53.1 Å². The Balaban J connectivity index is 1.73. The van der Waals surface area contributed by atoms with Crippen LogP contribution in [-0.2, 0) is 13.6 Å². The van der Waals surface area contributed by atoms with E-state index in [9.17, 15) is 0 Å². The highest BCUT2D eigenvalue weighted by atomic mass is 15.1. The molecule has 0 bridgehead atoms. The average molecular weight is 319 g/mol. The van der Waals surface area contributed by atoms with E-state index in [-0.39, 0.29) is 0 Å². The summed E-state index contributed by atoms with van der Waals surface area (Å²) in [4.78, 5) is 8.51. The maximum Gasteiger partial charge on any atom is 0.108 e. The van der Waals surface area contributed by atoms with Crippen molar-refractivity contribution in [1.82, 2.24) is 9.55 Å². The van der Waals surface area contributed by atoms with Gasteiger partial charge < -0.3 is 10.4 Å². The van der Waals surface area contributed by atoms with Crippen LogP contribution in [0.4, 0.5) is 0 Å². The Kier molecular flexibility index (Phi) is 4.76. The van der Waals surface area contributed by atoms with Crippen molar-refractivity contribution in [2.75, 3.05) is 0 Å². The zero-order valence-corrected chi connectivity index (χ0v) is 14.0. The van der Waals surface area contributed by atoms with Crippen molar-refractivity contribution in [3.63, 3.8) is 0 Å². The minimum atomic E-state index is 0.541. The van der Waals surface area contributed by atoms with Crippen molar-refractivity contribution < 1.29 is 0 Å². The number of aryl methyl sites for hydroxylation is 2. The molecule has 5 nitrogen and oxygen atoms in total. The Morgan fingerprint density at radius 2 is 2.29 bits per heavy atom. The van der Waals surface area contributed by atoms with E-state index in [1.54, 1.807) is 18.7 Å². The molecule has 1 heterocycles. The van der Waals surface area contributed by atoms with E-state index in [1.807, 2.05) is 30.7 Å². The number of rotatable bonds is 4. The second-order valence-electron chi connectivity index (χ2n) is 6.05. The summed E-state index contributed by atoms with van der Waals surface area (Å²) in [6.07, 6.45) is 7.75. The Morgan fingerprint density at radius 3 is 2.92 bits per heavy atom. The lowest BCUT2D eigenvalue weighted by atomic mass is 10.0.